The highest BCUT2D eigenvalue weighted by molar-refractivity contribution is 6.00. The van der Waals surface area contributed by atoms with Gasteiger partial charge < -0.3 is 15.0 Å². The highest BCUT2D eigenvalue weighted by atomic mass is 16.5. The average molecular weight is 443 g/mol. The molecular weight excluding hydrogens is 416 g/mol. The number of nitrogens with one attached hydrogen (secondary N) is 2. The summed E-state index contributed by atoms with van der Waals surface area (Å²) in [6, 6.07) is 18.2. The van der Waals surface area contributed by atoms with Gasteiger partial charge in [-0.1, -0.05) is 48.5 Å². The van der Waals surface area contributed by atoms with Gasteiger partial charge in [0.25, 0.3) is 5.91 Å². The Kier molecular flexibility index (Phi) is 6.40. The molecule has 2 N–H and O–H groups in total. The molecule has 0 spiro atoms. The summed E-state index contributed by atoms with van der Waals surface area (Å²) in [6.07, 6.45) is 3.71. The Morgan fingerprint density at radius 3 is 2.52 bits per heavy atom. The zero-order valence-corrected chi connectivity index (χ0v) is 18.9. The second-order valence-corrected chi connectivity index (χ2v) is 7.86. The second-order valence-electron chi connectivity index (χ2n) is 7.86. The number of aryl methyl sites for hydroxylation is 1. The third kappa shape index (κ3) is 4.72. The maximum atomic E-state index is 12.9. The third-order valence-corrected chi connectivity index (χ3v) is 5.68. The summed E-state index contributed by atoms with van der Waals surface area (Å²) in [6.45, 7) is 4.56. The molecular formula is C26H26N4O3. The molecule has 4 rings (SSSR count). The Hall–Kier alpha value is -4.13. The van der Waals surface area contributed by atoms with Crippen molar-refractivity contribution in [2.24, 2.45) is 0 Å². The van der Waals surface area contributed by atoms with Crippen LogP contribution in [0.15, 0.2) is 67.0 Å². The SMILES string of the molecule is COC(=O)c1c(C)[nH]c(C(=O)NCc2ccccc2-c2ccc(Cn3cccn3)cc2)c1C. The van der Waals surface area contributed by atoms with Gasteiger partial charge in [0, 0.05) is 24.6 Å². The highest BCUT2D eigenvalue weighted by Crippen LogP contribution is 2.25. The van der Waals surface area contributed by atoms with E-state index in [1.165, 1.54) is 7.11 Å². The van der Waals surface area contributed by atoms with E-state index in [-0.39, 0.29) is 5.91 Å². The molecule has 2 aromatic heterocycles. The minimum Gasteiger partial charge on any atom is -0.465 e. The van der Waals surface area contributed by atoms with E-state index in [1.54, 1.807) is 20.0 Å². The number of methoxy groups -OCH3 is 1. The summed E-state index contributed by atoms with van der Waals surface area (Å²) in [4.78, 5) is 27.9. The predicted octanol–water partition coefficient (Wildman–Crippen LogP) is 4.26. The number of carbonyl (C=O) groups excluding carboxylic acids is 2. The molecule has 0 radical (unpaired) electrons. The Morgan fingerprint density at radius 2 is 1.82 bits per heavy atom. The predicted molar refractivity (Wildman–Crippen MR) is 126 cm³/mol. The molecule has 0 aliphatic heterocycles. The van der Waals surface area contributed by atoms with Crippen LogP contribution in [0.1, 0.15) is 43.2 Å². The number of amides is 1. The fourth-order valence-corrected chi connectivity index (χ4v) is 3.98. The molecule has 2 heterocycles. The lowest BCUT2D eigenvalue weighted by Crippen LogP contribution is -2.24. The normalized spacial score (nSPS) is 10.8. The quantitative estimate of drug-likeness (QED) is 0.419. The van der Waals surface area contributed by atoms with Gasteiger partial charge in [0.2, 0.25) is 0 Å². The molecule has 0 saturated heterocycles. The van der Waals surface area contributed by atoms with E-state index in [4.69, 9.17) is 4.74 Å². The van der Waals surface area contributed by atoms with Crippen molar-refractivity contribution in [3.05, 3.63) is 101 Å². The van der Waals surface area contributed by atoms with Crippen molar-refractivity contribution in [1.29, 1.82) is 0 Å². The molecule has 0 fully saturated rings. The number of esters is 1. The van der Waals surface area contributed by atoms with E-state index in [0.29, 0.717) is 35.6 Å². The molecule has 0 unspecified atom stereocenters. The van der Waals surface area contributed by atoms with E-state index < -0.39 is 5.97 Å². The highest BCUT2D eigenvalue weighted by Gasteiger charge is 2.22. The fraction of sp³-hybridized carbons (Fsp3) is 0.192. The number of benzene rings is 2. The zero-order chi connectivity index (χ0) is 23.4. The van der Waals surface area contributed by atoms with Crippen LogP contribution in [-0.4, -0.2) is 33.8 Å². The molecule has 0 saturated carbocycles. The summed E-state index contributed by atoms with van der Waals surface area (Å²) < 4.78 is 6.71. The Bertz CT molecular complexity index is 1270. The number of ether oxygens (including phenoxy) is 1. The Balaban J connectivity index is 1.49. The molecule has 33 heavy (non-hydrogen) atoms. The maximum Gasteiger partial charge on any atom is 0.339 e. The molecule has 0 aliphatic carbocycles. The van der Waals surface area contributed by atoms with Crippen LogP contribution in [0.2, 0.25) is 0 Å². The lowest BCUT2D eigenvalue weighted by atomic mass is 9.98. The van der Waals surface area contributed by atoms with Crippen molar-refractivity contribution in [3.8, 4) is 11.1 Å². The van der Waals surface area contributed by atoms with Crippen molar-refractivity contribution in [1.82, 2.24) is 20.1 Å². The minimum atomic E-state index is -0.457. The van der Waals surface area contributed by atoms with Crippen LogP contribution in [0.5, 0.6) is 0 Å². The molecule has 0 bridgehead atoms. The topological polar surface area (TPSA) is 89.0 Å². The molecule has 168 valence electrons. The number of hydrogen-bond donors (Lipinski definition) is 2. The van der Waals surface area contributed by atoms with E-state index in [1.807, 2.05) is 41.2 Å². The number of nitrogens with zero attached hydrogens (tertiary/aromatic N) is 2. The van der Waals surface area contributed by atoms with Gasteiger partial charge >= 0.3 is 5.97 Å². The summed E-state index contributed by atoms with van der Waals surface area (Å²) in [7, 11) is 1.33. The van der Waals surface area contributed by atoms with Crippen LogP contribution in [0.4, 0.5) is 0 Å². The summed E-state index contributed by atoms with van der Waals surface area (Å²) in [5.41, 5.74) is 6.25. The van der Waals surface area contributed by atoms with E-state index in [9.17, 15) is 9.59 Å². The van der Waals surface area contributed by atoms with Crippen molar-refractivity contribution in [2.45, 2.75) is 26.9 Å². The van der Waals surface area contributed by atoms with Crippen molar-refractivity contribution in [3.63, 3.8) is 0 Å². The van der Waals surface area contributed by atoms with Crippen LogP contribution in [0, 0.1) is 13.8 Å². The lowest BCUT2D eigenvalue weighted by Gasteiger charge is -2.12. The first-order chi connectivity index (χ1) is 16.0. The molecule has 1 amide bonds. The monoisotopic (exact) mass is 442 g/mol. The second kappa shape index (κ2) is 9.56. The van der Waals surface area contributed by atoms with Gasteiger partial charge in [-0.05, 0) is 47.7 Å². The molecule has 7 nitrogen and oxygen atoms in total. The van der Waals surface area contributed by atoms with Gasteiger partial charge in [-0.25, -0.2) is 4.79 Å². The van der Waals surface area contributed by atoms with Crippen molar-refractivity contribution < 1.29 is 14.3 Å². The van der Waals surface area contributed by atoms with Gasteiger partial charge in [0.05, 0.1) is 19.2 Å². The first kappa shape index (κ1) is 22.1. The zero-order valence-electron chi connectivity index (χ0n) is 18.9. The third-order valence-electron chi connectivity index (χ3n) is 5.68. The van der Waals surface area contributed by atoms with Crippen LogP contribution < -0.4 is 5.32 Å². The minimum absolute atomic E-state index is 0.268. The summed E-state index contributed by atoms with van der Waals surface area (Å²) in [5, 5.41) is 7.22. The Labute approximate surface area is 192 Å². The lowest BCUT2D eigenvalue weighted by molar-refractivity contribution is 0.0599. The average Bonchev–Trinajstić information content (AvgIpc) is 3.45. The van der Waals surface area contributed by atoms with Crippen molar-refractivity contribution in [2.75, 3.05) is 7.11 Å². The molecule has 0 aliphatic rings. The summed E-state index contributed by atoms with van der Waals surface area (Å²) in [5.74, 6) is -0.725. The number of hydrogen-bond acceptors (Lipinski definition) is 4. The van der Waals surface area contributed by atoms with Crippen LogP contribution >= 0.6 is 0 Å². The van der Waals surface area contributed by atoms with E-state index in [0.717, 1.165) is 22.3 Å². The van der Waals surface area contributed by atoms with Crippen molar-refractivity contribution >= 4 is 11.9 Å². The van der Waals surface area contributed by atoms with Gasteiger partial charge in [-0.3, -0.25) is 9.48 Å². The van der Waals surface area contributed by atoms with E-state index >= 15 is 0 Å². The number of rotatable bonds is 7. The smallest absolute Gasteiger partial charge is 0.339 e. The number of aromatic nitrogens is 3. The van der Waals surface area contributed by atoms with Gasteiger partial charge in [0.1, 0.15) is 5.69 Å². The number of aromatic amines is 1. The molecule has 0 atom stereocenters. The van der Waals surface area contributed by atoms with Crippen LogP contribution in [0.3, 0.4) is 0 Å². The Morgan fingerprint density at radius 1 is 1.06 bits per heavy atom. The number of H-pyrrole nitrogens is 1. The number of carbonyl (C=O) groups is 2. The first-order valence-electron chi connectivity index (χ1n) is 10.7. The standard InChI is InChI=1S/C26H26N4O3/c1-17-23(26(32)33-3)18(2)29-24(17)25(31)27-15-21-7-4-5-8-22(21)20-11-9-19(10-12-20)16-30-14-6-13-28-30/h4-14,29H,15-16H2,1-3H3,(H,27,31). The molecule has 4 aromatic rings. The summed E-state index contributed by atoms with van der Waals surface area (Å²) >= 11 is 0. The van der Waals surface area contributed by atoms with Crippen LogP contribution in [-0.2, 0) is 17.8 Å². The maximum absolute atomic E-state index is 12.9. The fourth-order valence-electron chi connectivity index (χ4n) is 3.98. The van der Waals surface area contributed by atoms with Crippen LogP contribution in [0.25, 0.3) is 11.1 Å². The van der Waals surface area contributed by atoms with E-state index in [2.05, 4.69) is 39.7 Å². The van der Waals surface area contributed by atoms with Gasteiger partial charge in [-0.15, -0.1) is 0 Å². The molecule has 2 aromatic carbocycles. The molecule has 7 heteroatoms. The first-order valence-corrected chi connectivity index (χ1v) is 10.7. The van der Waals surface area contributed by atoms with Gasteiger partial charge in [0.15, 0.2) is 0 Å². The largest absolute Gasteiger partial charge is 0.465 e. The van der Waals surface area contributed by atoms with Gasteiger partial charge in [-0.2, -0.15) is 5.10 Å².